The third-order valence-electron chi connectivity index (χ3n) is 7.09. The van der Waals surface area contributed by atoms with E-state index in [1.807, 2.05) is 6.92 Å². The molecule has 2 aromatic rings. The molecule has 0 bridgehead atoms. The first-order valence-corrected chi connectivity index (χ1v) is 12.2. The summed E-state index contributed by atoms with van der Waals surface area (Å²) in [4.78, 5) is 13.1. The number of ether oxygens (including phenoxy) is 1. The third-order valence-corrected chi connectivity index (χ3v) is 7.09. The van der Waals surface area contributed by atoms with E-state index in [1.54, 1.807) is 44.4 Å². The number of phenols is 1. The van der Waals surface area contributed by atoms with Crippen LogP contribution in [0.2, 0.25) is 0 Å². The van der Waals surface area contributed by atoms with Crippen LogP contribution in [0.5, 0.6) is 11.5 Å². The van der Waals surface area contributed by atoms with Gasteiger partial charge in [0.1, 0.15) is 17.6 Å². The molecule has 186 valence electrons. The molecule has 6 heteroatoms. The van der Waals surface area contributed by atoms with Crippen molar-refractivity contribution in [1.82, 2.24) is 4.57 Å². The lowest BCUT2D eigenvalue weighted by molar-refractivity contribution is -0.154. The number of nitrogens with zero attached hydrogens (tertiary/aromatic N) is 1. The number of aliphatic hydroxyl groups is 1. The van der Waals surface area contributed by atoms with Gasteiger partial charge in [-0.2, -0.15) is 0 Å². The largest absolute Gasteiger partial charge is 0.508 e. The zero-order valence-electron chi connectivity index (χ0n) is 21.2. The summed E-state index contributed by atoms with van der Waals surface area (Å²) in [5, 5.41) is 31.9. The van der Waals surface area contributed by atoms with Crippen molar-refractivity contribution in [3.8, 4) is 22.6 Å². The second-order valence-electron chi connectivity index (χ2n) is 10.3. The molecule has 0 amide bonds. The molecule has 1 aromatic heterocycles. The Bertz CT molecular complexity index is 1080. The standard InChI is InChI=1S/C28H39NO5/c1-7-17(2)14-18(3)15-19(4)26-28(5,33)13-12-23(34-26)24-25(31)22(16-29(6)27(24)32)20-8-10-21(30)11-9-20/h8-11,15-18,23,26,30-31,33H,7,12-14H2,1-6H3/b19-15+/t17-,18+,23-,26-,28-/m0/s1. The summed E-state index contributed by atoms with van der Waals surface area (Å²) in [5.41, 5.74) is 0.927. The summed E-state index contributed by atoms with van der Waals surface area (Å²) >= 11 is 0. The van der Waals surface area contributed by atoms with Crippen LogP contribution >= 0.6 is 0 Å². The molecule has 1 fully saturated rings. The van der Waals surface area contributed by atoms with Crippen LogP contribution in [0.15, 0.2) is 46.9 Å². The Balaban J connectivity index is 1.97. The number of aryl methyl sites for hydroxylation is 1. The molecule has 1 aromatic carbocycles. The number of benzene rings is 1. The topological polar surface area (TPSA) is 91.9 Å². The minimum Gasteiger partial charge on any atom is -0.508 e. The van der Waals surface area contributed by atoms with Gasteiger partial charge in [-0.05, 0) is 68.2 Å². The quantitative estimate of drug-likeness (QED) is 0.469. The summed E-state index contributed by atoms with van der Waals surface area (Å²) in [6, 6.07) is 6.47. The van der Waals surface area contributed by atoms with Crippen LogP contribution in [0.4, 0.5) is 0 Å². The lowest BCUT2D eigenvalue weighted by Gasteiger charge is -2.42. The lowest BCUT2D eigenvalue weighted by atomic mass is 9.82. The molecule has 0 aliphatic carbocycles. The van der Waals surface area contributed by atoms with Gasteiger partial charge in [0.05, 0.1) is 17.3 Å². The fraction of sp³-hybridized carbons (Fsp3) is 0.536. The van der Waals surface area contributed by atoms with Gasteiger partial charge in [-0.25, -0.2) is 0 Å². The summed E-state index contributed by atoms with van der Waals surface area (Å²) in [7, 11) is 1.65. The van der Waals surface area contributed by atoms with E-state index in [-0.39, 0.29) is 22.6 Å². The molecular formula is C28H39NO5. The van der Waals surface area contributed by atoms with Gasteiger partial charge < -0.3 is 24.6 Å². The summed E-state index contributed by atoms with van der Waals surface area (Å²) in [5.74, 6) is 0.959. The van der Waals surface area contributed by atoms with E-state index in [9.17, 15) is 20.1 Å². The Kier molecular flexibility index (Phi) is 7.94. The predicted molar refractivity (Wildman–Crippen MR) is 135 cm³/mol. The number of pyridine rings is 1. The maximum Gasteiger partial charge on any atom is 0.259 e. The van der Waals surface area contributed by atoms with Crippen molar-refractivity contribution in [3.63, 3.8) is 0 Å². The van der Waals surface area contributed by atoms with Gasteiger partial charge in [0.2, 0.25) is 0 Å². The van der Waals surface area contributed by atoms with Crippen LogP contribution in [-0.4, -0.2) is 31.6 Å². The van der Waals surface area contributed by atoms with Gasteiger partial charge in [0, 0.05) is 18.8 Å². The second-order valence-corrected chi connectivity index (χ2v) is 10.3. The molecular weight excluding hydrogens is 430 g/mol. The van der Waals surface area contributed by atoms with E-state index in [0.717, 1.165) is 18.4 Å². The maximum absolute atomic E-state index is 13.1. The van der Waals surface area contributed by atoms with Crippen molar-refractivity contribution in [2.75, 3.05) is 0 Å². The van der Waals surface area contributed by atoms with Crippen LogP contribution in [0.3, 0.4) is 0 Å². The van der Waals surface area contributed by atoms with Crippen molar-refractivity contribution >= 4 is 0 Å². The van der Waals surface area contributed by atoms with E-state index in [1.165, 1.54) is 4.57 Å². The maximum atomic E-state index is 13.1. The molecule has 1 aliphatic rings. The first-order valence-electron chi connectivity index (χ1n) is 12.2. The number of hydrogen-bond donors (Lipinski definition) is 3. The van der Waals surface area contributed by atoms with Gasteiger partial charge in [-0.3, -0.25) is 4.79 Å². The minimum absolute atomic E-state index is 0.120. The molecule has 2 heterocycles. The van der Waals surface area contributed by atoms with Crippen molar-refractivity contribution < 1.29 is 20.1 Å². The van der Waals surface area contributed by atoms with E-state index >= 15 is 0 Å². The molecule has 1 saturated heterocycles. The Hall–Kier alpha value is -2.57. The molecule has 0 spiro atoms. The average molecular weight is 470 g/mol. The van der Waals surface area contributed by atoms with Crippen molar-refractivity contribution in [3.05, 3.63) is 58.0 Å². The molecule has 0 radical (unpaired) electrons. The first-order chi connectivity index (χ1) is 15.9. The molecule has 3 rings (SSSR count). The van der Waals surface area contributed by atoms with E-state index < -0.39 is 17.8 Å². The van der Waals surface area contributed by atoms with Gasteiger partial charge >= 0.3 is 0 Å². The molecule has 5 atom stereocenters. The van der Waals surface area contributed by atoms with Crippen LogP contribution in [-0.2, 0) is 11.8 Å². The summed E-state index contributed by atoms with van der Waals surface area (Å²) in [6.07, 6.45) is 5.57. The zero-order chi connectivity index (χ0) is 25.2. The highest BCUT2D eigenvalue weighted by atomic mass is 16.5. The molecule has 34 heavy (non-hydrogen) atoms. The Morgan fingerprint density at radius 2 is 1.91 bits per heavy atom. The smallest absolute Gasteiger partial charge is 0.259 e. The number of allylic oxidation sites excluding steroid dienone is 1. The molecule has 0 saturated carbocycles. The van der Waals surface area contributed by atoms with E-state index in [4.69, 9.17) is 4.74 Å². The Morgan fingerprint density at radius 1 is 1.26 bits per heavy atom. The lowest BCUT2D eigenvalue weighted by Crippen LogP contribution is -2.47. The molecule has 1 aliphatic heterocycles. The normalized spacial score (nSPS) is 25.2. The first kappa shape index (κ1) is 26.0. The molecule has 6 nitrogen and oxygen atoms in total. The van der Waals surface area contributed by atoms with Crippen LogP contribution in [0.25, 0.3) is 11.1 Å². The third kappa shape index (κ3) is 5.56. The van der Waals surface area contributed by atoms with Gasteiger partial charge in [-0.15, -0.1) is 0 Å². The number of phenolic OH excluding ortho intramolecular Hbond substituents is 1. The molecule has 0 unspecified atom stereocenters. The monoisotopic (exact) mass is 469 g/mol. The van der Waals surface area contributed by atoms with Crippen molar-refractivity contribution in [1.29, 1.82) is 0 Å². The highest BCUT2D eigenvalue weighted by Gasteiger charge is 2.42. The van der Waals surface area contributed by atoms with E-state index in [2.05, 4.69) is 26.8 Å². The Morgan fingerprint density at radius 3 is 2.53 bits per heavy atom. The van der Waals surface area contributed by atoms with Crippen LogP contribution in [0, 0.1) is 11.8 Å². The second kappa shape index (κ2) is 10.4. The fourth-order valence-electron chi connectivity index (χ4n) is 5.04. The van der Waals surface area contributed by atoms with Gasteiger partial charge in [0.25, 0.3) is 5.56 Å². The number of rotatable bonds is 7. The van der Waals surface area contributed by atoms with Gasteiger partial charge in [-0.1, -0.05) is 45.4 Å². The summed E-state index contributed by atoms with van der Waals surface area (Å²) in [6.45, 7) is 10.3. The number of aromatic nitrogens is 1. The Labute approximate surface area is 202 Å². The highest BCUT2D eigenvalue weighted by molar-refractivity contribution is 5.71. The highest BCUT2D eigenvalue weighted by Crippen LogP contribution is 2.43. The van der Waals surface area contributed by atoms with Crippen molar-refractivity contribution in [2.45, 2.75) is 78.1 Å². The van der Waals surface area contributed by atoms with E-state index in [0.29, 0.717) is 35.8 Å². The zero-order valence-corrected chi connectivity index (χ0v) is 21.2. The van der Waals surface area contributed by atoms with Crippen molar-refractivity contribution in [2.24, 2.45) is 18.9 Å². The predicted octanol–water partition coefficient (Wildman–Crippen LogP) is 5.45. The SMILES string of the molecule is CC[C@H](C)C[C@@H](C)/C=C(\C)[C@@H]1O[C@H](c2c(O)c(-c3ccc(O)cc3)cn(C)c2=O)CC[C@]1(C)O. The number of hydrogen-bond acceptors (Lipinski definition) is 5. The number of aromatic hydroxyl groups is 2. The average Bonchev–Trinajstić information content (AvgIpc) is 2.77. The van der Waals surface area contributed by atoms with Gasteiger partial charge in [0.15, 0.2) is 0 Å². The fourth-order valence-corrected chi connectivity index (χ4v) is 5.04. The molecule has 3 N–H and O–H groups in total. The summed E-state index contributed by atoms with van der Waals surface area (Å²) < 4.78 is 7.82. The van der Waals surface area contributed by atoms with Crippen LogP contribution < -0.4 is 5.56 Å². The minimum atomic E-state index is -1.07. The van der Waals surface area contributed by atoms with Crippen LogP contribution in [0.1, 0.15) is 72.0 Å².